The lowest BCUT2D eigenvalue weighted by molar-refractivity contribution is -1.02. The number of hydrogen-bond acceptors (Lipinski definition) is 1. The van der Waals surface area contributed by atoms with E-state index in [1.54, 1.807) is 4.90 Å². The van der Waals surface area contributed by atoms with Gasteiger partial charge in [0.05, 0.1) is 0 Å². The molecule has 148 valence electrons. The van der Waals surface area contributed by atoms with Crippen molar-refractivity contribution in [2.75, 3.05) is 32.7 Å². The van der Waals surface area contributed by atoms with Crippen molar-refractivity contribution in [2.45, 2.75) is 31.8 Å². The summed E-state index contributed by atoms with van der Waals surface area (Å²) in [6.07, 6.45) is 2.55. The number of nitrogens with one attached hydrogen (secondary N) is 3. The average molecular weight is 380 g/mol. The van der Waals surface area contributed by atoms with Crippen LogP contribution in [0.1, 0.15) is 36.9 Å². The van der Waals surface area contributed by atoms with Crippen molar-refractivity contribution < 1.29 is 14.6 Å². The van der Waals surface area contributed by atoms with Gasteiger partial charge in [0.25, 0.3) is 5.91 Å². The average Bonchev–Trinajstić information content (AvgIpc) is 3.57. The van der Waals surface area contributed by atoms with Gasteiger partial charge in [0.2, 0.25) is 0 Å². The first kappa shape index (κ1) is 19.2. The molecule has 4 heteroatoms. The van der Waals surface area contributed by atoms with E-state index < -0.39 is 0 Å². The Kier molecular flexibility index (Phi) is 6.08. The first-order valence-electron chi connectivity index (χ1n) is 10.8. The normalized spacial score (nSPS) is 23.4. The van der Waals surface area contributed by atoms with Gasteiger partial charge in [0, 0.05) is 17.2 Å². The highest BCUT2D eigenvalue weighted by Crippen LogP contribution is 2.32. The third kappa shape index (κ3) is 4.81. The Hall–Kier alpha value is -2.17. The Morgan fingerprint density at radius 2 is 1.46 bits per heavy atom. The van der Waals surface area contributed by atoms with Crippen LogP contribution in [0.4, 0.5) is 0 Å². The fourth-order valence-electron chi connectivity index (χ4n) is 4.59. The van der Waals surface area contributed by atoms with Gasteiger partial charge < -0.3 is 15.1 Å². The molecule has 2 aromatic carbocycles. The summed E-state index contributed by atoms with van der Waals surface area (Å²) in [6.45, 7) is 7.06. The third-order valence-corrected chi connectivity index (χ3v) is 6.40. The topological polar surface area (TPSA) is 38.0 Å². The van der Waals surface area contributed by atoms with Crippen LogP contribution < -0.4 is 15.1 Å². The van der Waals surface area contributed by atoms with Crippen molar-refractivity contribution in [3.8, 4) is 0 Å². The minimum atomic E-state index is 0.223. The van der Waals surface area contributed by atoms with Gasteiger partial charge in [0.15, 0.2) is 6.54 Å². The summed E-state index contributed by atoms with van der Waals surface area (Å²) in [7, 11) is 0. The van der Waals surface area contributed by atoms with Gasteiger partial charge in [0.1, 0.15) is 32.2 Å². The third-order valence-electron chi connectivity index (χ3n) is 6.40. The molecule has 1 saturated heterocycles. The van der Waals surface area contributed by atoms with Gasteiger partial charge in [-0.05, 0) is 25.7 Å². The van der Waals surface area contributed by atoms with Crippen LogP contribution in [0.15, 0.2) is 60.7 Å². The zero-order valence-corrected chi connectivity index (χ0v) is 16.9. The van der Waals surface area contributed by atoms with Gasteiger partial charge >= 0.3 is 0 Å². The lowest BCUT2D eigenvalue weighted by Crippen LogP contribution is -3.28. The molecule has 2 aromatic rings. The number of rotatable bonds is 7. The summed E-state index contributed by atoms with van der Waals surface area (Å²) in [6, 6.07) is 22.4. The van der Waals surface area contributed by atoms with E-state index in [9.17, 15) is 4.79 Å². The van der Waals surface area contributed by atoms with Crippen LogP contribution in [-0.4, -0.2) is 44.7 Å². The molecule has 4 rings (SSSR count). The molecule has 2 fully saturated rings. The van der Waals surface area contributed by atoms with E-state index in [1.165, 1.54) is 28.9 Å². The molecule has 3 N–H and O–H groups in total. The number of benzene rings is 2. The number of piperazine rings is 1. The molecule has 2 aliphatic rings. The Morgan fingerprint density at radius 1 is 0.929 bits per heavy atom. The molecule has 1 atom stereocenters. The SMILES string of the molecule is C[C@@H](NC(=O)C[NH+]1CC[NH+](C(c2ccccc2)c2ccccc2)CC1)C1CC1. The lowest BCUT2D eigenvalue weighted by Gasteiger charge is -2.35. The molecule has 0 radical (unpaired) electrons. The standard InChI is InChI=1S/C24H31N3O/c1-19(20-12-13-20)25-23(28)18-26-14-16-27(17-15-26)24(21-8-4-2-5-9-21)22-10-6-3-7-11-22/h2-11,19-20,24H,12-18H2,1H3,(H,25,28)/p+2/t19-/m1/s1. The minimum absolute atomic E-state index is 0.223. The summed E-state index contributed by atoms with van der Waals surface area (Å²) in [5.41, 5.74) is 2.76. The molecule has 1 aliphatic carbocycles. The van der Waals surface area contributed by atoms with Gasteiger partial charge in [-0.1, -0.05) is 60.7 Å². The van der Waals surface area contributed by atoms with Crippen molar-refractivity contribution >= 4 is 5.91 Å². The molecule has 1 saturated carbocycles. The highest BCUT2D eigenvalue weighted by Gasteiger charge is 2.33. The predicted molar refractivity (Wildman–Crippen MR) is 111 cm³/mol. The molecular weight excluding hydrogens is 346 g/mol. The second kappa shape index (κ2) is 8.89. The molecule has 0 aromatic heterocycles. The quantitative estimate of drug-likeness (QED) is 0.643. The van der Waals surface area contributed by atoms with E-state index >= 15 is 0 Å². The minimum Gasteiger partial charge on any atom is -0.348 e. The lowest BCUT2D eigenvalue weighted by atomic mass is 9.96. The van der Waals surface area contributed by atoms with Gasteiger partial charge in [-0.25, -0.2) is 0 Å². The molecule has 0 unspecified atom stereocenters. The molecule has 0 bridgehead atoms. The largest absolute Gasteiger partial charge is 0.348 e. The number of quaternary nitrogens is 2. The summed E-state index contributed by atoms with van der Waals surface area (Å²) >= 11 is 0. The second-order valence-electron chi connectivity index (χ2n) is 8.53. The summed E-state index contributed by atoms with van der Waals surface area (Å²) in [5.74, 6) is 0.943. The van der Waals surface area contributed by atoms with Crippen molar-refractivity contribution in [1.82, 2.24) is 5.32 Å². The Labute approximate surface area is 168 Å². The summed E-state index contributed by atoms with van der Waals surface area (Å²) < 4.78 is 0. The number of hydrogen-bond donors (Lipinski definition) is 3. The zero-order chi connectivity index (χ0) is 19.3. The summed E-state index contributed by atoms with van der Waals surface area (Å²) in [5, 5.41) is 3.21. The maximum Gasteiger partial charge on any atom is 0.275 e. The smallest absolute Gasteiger partial charge is 0.275 e. The van der Waals surface area contributed by atoms with E-state index in [2.05, 4.69) is 72.9 Å². The first-order chi connectivity index (χ1) is 13.7. The zero-order valence-electron chi connectivity index (χ0n) is 16.9. The van der Waals surface area contributed by atoms with E-state index in [-0.39, 0.29) is 5.91 Å². The number of carbonyl (C=O) groups excluding carboxylic acids is 1. The highest BCUT2D eigenvalue weighted by atomic mass is 16.2. The van der Waals surface area contributed by atoms with Crippen molar-refractivity contribution in [1.29, 1.82) is 0 Å². The second-order valence-corrected chi connectivity index (χ2v) is 8.53. The summed E-state index contributed by atoms with van der Waals surface area (Å²) in [4.78, 5) is 15.4. The molecular formula is C24H33N3O+2. The van der Waals surface area contributed by atoms with E-state index in [1.807, 2.05) is 0 Å². The van der Waals surface area contributed by atoms with Crippen molar-refractivity contribution in [3.05, 3.63) is 71.8 Å². The van der Waals surface area contributed by atoms with Crippen molar-refractivity contribution in [3.63, 3.8) is 0 Å². The Balaban J connectivity index is 1.37. The Morgan fingerprint density at radius 3 is 1.96 bits per heavy atom. The molecule has 0 spiro atoms. The van der Waals surface area contributed by atoms with Crippen LogP contribution in [0.3, 0.4) is 0 Å². The molecule has 1 aliphatic heterocycles. The number of carbonyl (C=O) groups is 1. The fourth-order valence-corrected chi connectivity index (χ4v) is 4.59. The van der Waals surface area contributed by atoms with Crippen molar-refractivity contribution in [2.24, 2.45) is 5.92 Å². The highest BCUT2D eigenvalue weighted by molar-refractivity contribution is 5.77. The van der Waals surface area contributed by atoms with Gasteiger partial charge in [-0.2, -0.15) is 0 Å². The molecule has 1 amide bonds. The van der Waals surface area contributed by atoms with Crippen LogP contribution in [-0.2, 0) is 4.79 Å². The van der Waals surface area contributed by atoms with Gasteiger partial charge in [-0.3, -0.25) is 4.79 Å². The van der Waals surface area contributed by atoms with Crippen LogP contribution in [0, 0.1) is 5.92 Å². The molecule has 1 heterocycles. The predicted octanol–water partition coefficient (Wildman–Crippen LogP) is 0.474. The van der Waals surface area contributed by atoms with E-state index in [0.29, 0.717) is 18.6 Å². The first-order valence-corrected chi connectivity index (χ1v) is 10.8. The van der Waals surface area contributed by atoms with Crippen LogP contribution in [0.5, 0.6) is 0 Å². The Bertz CT molecular complexity index is 712. The maximum atomic E-state index is 12.4. The van der Waals surface area contributed by atoms with Crippen LogP contribution >= 0.6 is 0 Å². The fraction of sp³-hybridized carbons (Fsp3) is 0.458. The van der Waals surface area contributed by atoms with Crippen LogP contribution in [0.25, 0.3) is 0 Å². The number of amides is 1. The maximum absolute atomic E-state index is 12.4. The molecule has 4 nitrogen and oxygen atoms in total. The monoisotopic (exact) mass is 379 g/mol. The van der Waals surface area contributed by atoms with E-state index in [4.69, 9.17) is 0 Å². The van der Waals surface area contributed by atoms with Gasteiger partial charge in [-0.15, -0.1) is 0 Å². The van der Waals surface area contributed by atoms with E-state index in [0.717, 1.165) is 32.1 Å². The van der Waals surface area contributed by atoms with Crippen LogP contribution in [0.2, 0.25) is 0 Å². The molecule has 28 heavy (non-hydrogen) atoms.